The third-order valence-electron chi connectivity index (χ3n) is 5.73. The second kappa shape index (κ2) is 10.6. The van der Waals surface area contributed by atoms with Gasteiger partial charge in [-0.1, -0.05) is 41.9 Å². The molecule has 0 bridgehead atoms. The molecule has 0 aromatic heterocycles. The predicted octanol–water partition coefficient (Wildman–Crippen LogP) is 3.48. The Balaban J connectivity index is 1.55. The van der Waals surface area contributed by atoms with E-state index in [2.05, 4.69) is 22.3 Å². The Labute approximate surface area is 184 Å². The third kappa shape index (κ3) is 6.07. The number of nitrogens with one attached hydrogen (secondary N) is 1. The summed E-state index contributed by atoms with van der Waals surface area (Å²) in [6.45, 7) is 1.72. The van der Waals surface area contributed by atoms with Crippen LogP contribution < -0.4 is 5.32 Å². The van der Waals surface area contributed by atoms with Gasteiger partial charge in [-0.15, -0.1) is 0 Å². The van der Waals surface area contributed by atoms with Gasteiger partial charge in [-0.2, -0.15) is 0 Å². The van der Waals surface area contributed by atoms with E-state index in [1.165, 1.54) is 5.56 Å². The van der Waals surface area contributed by atoms with Crippen molar-refractivity contribution < 1.29 is 9.59 Å². The van der Waals surface area contributed by atoms with Crippen molar-refractivity contribution in [2.24, 2.45) is 5.92 Å². The molecular weight excluding hydrogens is 398 g/mol. The Morgan fingerprint density at radius 2 is 1.83 bits per heavy atom. The number of hydrogen-bond donors (Lipinski definition) is 1. The van der Waals surface area contributed by atoms with Crippen LogP contribution in [0.25, 0.3) is 0 Å². The van der Waals surface area contributed by atoms with Crippen molar-refractivity contribution >= 4 is 23.4 Å². The molecular formula is C24H30ClN3O2. The van der Waals surface area contributed by atoms with Crippen molar-refractivity contribution in [1.29, 1.82) is 0 Å². The molecule has 0 radical (unpaired) electrons. The van der Waals surface area contributed by atoms with Crippen molar-refractivity contribution in [3.63, 3.8) is 0 Å². The van der Waals surface area contributed by atoms with Gasteiger partial charge in [-0.25, -0.2) is 0 Å². The summed E-state index contributed by atoms with van der Waals surface area (Å²) in [5.74, 6) is -0.183. The zero-order valence-electron chi connectivity index (χ0n) is 17.7. The highest BCUT2D eigenvalue weighted by Gasteiger charge is 2.29. The summed E-state index contributed by atoms with van der Waals surface area (Å²) >= 11 is 5.92. The second-order valence-corrected chi connectivity index (χ2v) is 8.59. The van der Waals surface area contributed by atoms with Gasteiger partial charge < -0.3 is 15.1 Å². The van der Waals surface area contributed by atoms with E-state index in [9.17, 15) is 9.59 Å². The van der Waals surface area contributed by atoms with Gasteiger partial charge in [0.05, 0.1) is 5.92 Å². The number of likely N-dealkylation sites (tertiary alicyclic amines) is 1. The minimum absolute atomic E-state index is 0.0310. The van der Waals surface area contributed by atoms with Gasteiger partial charge in [0.2, 0.25) is 5.91 Å². The number of carbonyl (C=O) groups excluding carboxylic acids is 2. The number of likely N-dealkylation sites (N-methyl/N-ethyl adjacent to an activating group) is 1. The highest BCUT2D eigenvalue weighted by Crippen LogP contribution is 2.20. The highest BCUT2D eigenvalue weighted by molar-refractivity contribution is 6.30. The van der Waals surface area contributed by atoms with Gasteiger partial charge >= 0.3 is 0 Å². The first-order chi connectivity index (χ1) is 14.4. The van der Waals surface area contributed by atoms with Crippen LogP contribution in [-0.2, 0) is 11.2 Å². The Kier molecular flexibility index (Phi) is 7.88. The van der Waals surface area contributed by atoms with E-state index in [1.54, 1.807) is 29.2 Å². The normalized spacial score (nSPS) is 17.6. The molecule has 2 atom stereocenters. The molecule has 30 heavy (non-hydrogen) atoms. The van der Waals surface area contributed by atoms with Crippen molar-refractivity contribution in [3.8, 4) is 0 Å². The number of hydrogen-bond acceptors (Lipinski definition) is 3. The smallest absolute Gasteiger partial charge is 0.253 e. The lowest BCUT2D eigenvalue weighted by atomic mass is 9.96. The number of amides is 2. The second-order valence-electron chi connectivity index (χ2n) is 8.15. The van der Waals surface area contributed by atoms with Crippen LogP contribution in [0.1, 0.15) is 28.8 Å². The molecule has 1 aliphatic heterocycles. The monoisotopic (exact) mass is 427 g/mol. The van der Waals surface area contributed by atoms with Crippen molar-refractivity contribution in [1.82, 2.24) is 15.1 Å². The summed E-state index contributed by atoms with van der Waals surface area (Å²) in [6, 6.07) is 17.4. The maximum Gasteiger partial charge on any atom is 0.253 e. The fraction of sp³-hybridized carbons (Fsp3) is 0.417. The van der Waals surface area contributed by atoms with Gasteiger partial charge in [-0.05, 0) is 63.2 Å². The van der Waals surface area contributed by atoms with Gasteiger partial charge in [-0.3, -0.25) is 9.59 Å². The molecule has 0 saturated carbocycles. The summed E-state index contributed by atoms with van der Waals surface area (Å²) in [6.07, 6.45) is 2.51. The van der Waals surface area contributed by atoms with Crippen LogP contribution in [0, 0.1) is 5.92 Å². The minimum atomic E-state index is -0.172. The molecule has 1 fully saturated rings. The Hall–Kier alpha value is -2.37. The van der Waals surface area contributed by atoms with Crippen LogP contribution in [0.5, 0.6) is 0 Å². The Bertz CT molecular complexity index is 839. The zero-order valence-corrected chi connectivity index (χ0v) is 18.4. The molecule has 160 valence electrons. The SMILES string of the molecule is CN(C)C(CNC(=O)C1CCCN(C(=O)c2ccc(Cl)cc2)C1)Cc1ccccc1. The van der Waals surface area contributed by atoms with Crippen LogP contribution in [-0.4, -0.2) is 61.4 Å². The molecule has 1 saturated heterocycles. The number of carbonyl (C=O) groups is 2. The minimum Gasteiger partial charge on any atom is -0.354 e. The van der Waals surface area contributed by atoms with Crippen molar-refractivity contribution in [3.05, 3.63) is 70.7 Å². The molecule has 0 spiro atoms. The van der Waals surface area contributed by atoms with Crippen molar-refractivity contribution in [2.75, 3.05) is 33.7 Å². The van der Waals surface area contributed by atoms with E-state index in [0.717, 1.165) is 19.3 Å². The van der Waals surface area contributed by atoms with Gasteiger partial charge in [0.25, 0.3) is 5.91 Å². The first kappa shape index (κ1) is 22.3. The first-order valence-corrected chi connectivity index (χ1v) is 10.8. The molecule has 1 heterocycles. The van der Waals surface area contributed by atoms with E-state index in [1.807, 2.05) is 32.3 Å². The number of piperidine rings is 1. The number of benzene rings is 2. The summed E-state index contributed by atoms with van der Waals surface area (Å²) in [5.41, 5.74) is 1.86. The lowest BCUT2D eigenvalue weighted by Crippen LogP contribution is -2.48. The number of halogens is 1. The molecule has 1 N–H and O–H groups in total. The maximum atomic E-state index is 12.8. The van der Waals surface area contributed by atoms with Crippen molar-refractivity contribution in [2.45, 2.75) is 25.3 Å². The molecule has 2 aromatic carbocycles. The summed E-state index contributed by atoms with van der Waals surface area (Å²) in [5, 5.41) is 3.73. The third-order valence-corrected chi connectivity index (χ3v) is 5.98. The largest absolute Gasteiger partial charge is 0.354 e. The van der Waals surface area contributed by atoms with Crippen LogP contribution >= 0.6 is 11.6 Å². The molecule has 0 aliphatic carbocycles. The number of rotatable bonds is 7. The first-order valence-electron chi connectivity index (χ1n) is 10.5. The fourth-order valence-corrected chi connectivity index (χ4v) is 3.96. The number of nitrogens with zero attached hydrogens (tertiary/aromatic N) is 2. The summed E-state index contributed by atoms with van der Waals surface area (Å²) in [7, 11) is 4.07. The predicted molar refractivity (Wildman–Crippen MR) is 121 cm³/mol. The summed E-state index contributed by atoms with van der Waals surface area (Å²) < 4.78 is 0. The molecule has 1 aliphatic rings. The average Bonchev–Trinajstić information content (AvgIpc) is 2.77. The molecule has 2 amide bonds. The average molecular weight is 428 g/mol. The van der Waals surface area contributed by atoms with Gasteiger partial charge in [0.1, 0.15) is 0 Å². The zero-order chi connectivity index (χ0) is 21.5. The molecule has 2 aromatic rings. The standard InChI is InChI=1S/C24H30ClN3O2/c1-27(2)22(15-18-7-4-3-5-8-18)16-26-23(29)20-9-6-14-28(17-20)24(30)19-10-12-21(25)13-11-19/h3-5,7-8,10-13,20,22H,6,9,14-17H2,1-2H3,(H,26,29). The lowest BCUT2D eigenvalue weighted by Gasteiger charge is -2.33. The van der Waals surface area contributed by atoms with E-state index in [0.29, 0.717) is 30.2 Å². The van der Waals surface area contributed by atoms with E-state index < -0.39 is 0 Å². The topological polar surface area (TPSA) is 52.7 Å². The van der Waals surface area contributed by atoms with E-state index >= 15 is 0 Å². The van der Waals surface area contributed by atoms with E-state index in [4.69, 9.17) is 11.6 Å². The Morgan fingerprint density at radius 3 is 2.50 bits per heavy atom. The van der Waals surface area contributed by atoms with E-state index in [-0.39, 0.29) is 23.8 Å². The quantitative estimate of drug-likeness (QED) is 0.736. The molecule has 2 unspecified atom stereocenters. The van der Waals surface area contributed by atoms with Crippen LogP contribution in [0.3, 0.4) is 0 Å². The highest BCUT2D eigenvalue weighted by atomic mass is 35.5. The van der Waals surface area contributed by atoms with Crippen LogP contribution in [0.4, 0.5) is 0 Å². The van der Waals surface area contributed by atoms with Crippen LogP contribution in [0.15, 0.2) is 54.6 Å². The van der Waals surface area contributed by atoms with Gasteiger partial charge in [0.15, 0.2) is 0 Å². The molecule has 3 rings (SSSR count). The Morgan fingerprint density at radius 1 is 1.13 bits per heavy atom. The van der Waals surface area contributed by atoms with Crippen LogP contribution in [0.2, 0.25) is 5.02 Å². The molecule has 5 nitrogen and oxygen atoms in total. The lowest BCUT2D eigenvalue weighted by molar-refractivity contribution is -0.126. The maximum absolute atomic E-state index is 12.8. The summed E-state index contributed by atoms with van der Waals surface area (Å²) in [4.78, 5) is 29.5. The van der Waals surface area contributed by atoms with Gasteiger partial charge in [0, 0.05) is 36.3 Å². The fourth-order valence-electron chi connectivity index (χ4n) is 3.84. The molecule has 6 heteroatoms.